The monoisotopic (exact) mass is 482 g/mol. The lowest BCUT2D eigenvalue weighted by molar-refractivity contribution is 0.245. The molecule has 6 nitrogen and oxygen atoms in total. The van der Waals surface area contributed by atoms with E-state index in [9.17, 15) is 0 Å². The van der Waals surface area contributed by atoms with Crippen molar-refractivity contribution in [2.45, 2.75) is 31.8 Å². The number of imidazole rings is 1. The molecule has 27 heavy (non-hydrogen) atoms. The number of rotatable bonds is 8. The third kappa shape index (κ3) is 6.80. The molecule has 148 valence electrons. The van der Waals surface area contributed by atoms with Gasteiger partial charge in [0.2, 0.25) is 0 Å². The van der Waals surface area contributed by atoms with E-state index in [0.717, 1.165) is 32.0 Å². The molecule has 1 unspecified atom stereocenters. The third-order valence-corrected chi connectivity index (χ3v) is 4.90. The molecule has 7 heteroatoms. The van der Waals surface area contributed by atoms with Crippen molar-refractivity contribution in [3.63, 3.8) is 0 Å². The molecule has 2 aromatic rings. The van der Waals surface area contributed by atoms with Gasteiger partial charge in [0.15, 0.2) is 5.96 Å². The van der Waals surface area contributed by atoms with E-state index >= 15 is 0 Å². The first kappa shape index (κ1) is 21.7. The molecule has 0 radical (unpaired) electrons. The van der Waals surface area contributed by atoms with Crippen molar-refractivity contribution in [1.29, 1.82) is 0 Å². The first-order valence-corrected chi connectivity index (χ1v) is 9.56. The molecule has 0 amide bonds. The molecule has 1 aliphatic rings. The molecule has 2 N–H and O–H groups in total. The molecule has 1 atom stereocenters. The Bertz CT molecular complexity index is 652. The second-order valence-corrected chi connectivity index (χ2v) is 6.70. The summed E-state index contributed by atoms with van der Waals surface area (Å²) in [5.41, 5.74) is 1.37. The van der Waals surface area contributed by atoms with Crippen molar-refractivity contribution in [1.82, 2.24) is 25.1 Å². The Morgan fingerprint density at radius 1 is 1.19 bits per heavy atom. The molecule has 1 aromatic heterocycles. The lowest BCUT2D eigenvalue weighted by Gasteiger charge is -2.29. The molecule has 0 bridgehead atoms. The molecule has 0 aliphatic carbocycles. The van der Waals surface area contributed by atoms with E-state index in [1.54, 1.807) is 0 Å². The zero-order chi connectivity index (χ0) is 18.0. The van der Waals surface area contributed by atoms with E-state index in [4.69, 9.17) is 0 Å². The highest BCUT2D eigenvalue weighted by Crippen LogP contribution is 2.24. The minimum absolute atomic E-state index is 0. The van der Waals surface area contributed by atoms with Crippen LogP contribution in [0.25, 0.3) is 0 Å². The Morgan fingerprint density at radius 3 is 2.63 bits per heavy atom. The lowest BCUT2D eigenvalue weighted by atomic mass is 10.1. The Kier molecular flexibility index (Phi) is 9.61. The SMILES string of the molecule is CN=C(NCCCn1ccnc1)NCC(c1ccccc1)N1CCCC1.I. The molecule has 1 aliphatic heterocycles. The van der Waals surface area contributed by atoms with Gasteiger partial charge in [0.05, 0.1) is 12.4 Å². The summed E-state index contributed by atoms with van der Waals surface area (Å²) in [5, 5.41) is 6.93. The van der Waals surface area contributed by atoms with Crippen molar-refractivity contribution in [3.8, 4) is 0 Å². The molecule has 0 saturated carbocycles. The fourth-order valence-corrected chi connectivity index (χ4v) is 3.49. The number of aryl methyl sites for hydroxylation is 1. The molecular weight excluding hydrogens is 451 g/mol. The number of aromatic nitrogens is 2. The van der Waals surface area contributed by atoms with Crippen molar-refractivity contribution < 1.29 is 0 Å². The van der Waals surface area contributed by atoms with Crippen LogP contribution in [-0.2, 0) is 6.54 Å². The van der Waals surface area contributed by atoms with Crippen LogP contribution in [-0.4, -0.2) is 53.6 Å². The van der Waals surface area contributed by atoms with Crippen molar-refractivity contribution in [2.24, 2.45) is 4.99 Å². The van der Waals surface area contributed by atoms with Gasteiger partial charge < -0.3 is 15.2 Å². The average Bonchev–Trinajstić information content (AvgIpc) is 3.38. The standard InChI is InChI=1S/C20H30N6.HI/c1-21-20(23-10-7-12-25-15-11-22-17-25)24-16-19(26-13-5-6-14-26)18-8-3-2-4-9-18;/h2-4,8-9,11,15,17,19H,5-7,10,12-14,16H2,1H3,(H2,21,23,24);1H. The van der Waals surface area contributed by atoms with E-state index in [1.807, 2.05) is 25.8 Å². The van der Waals surface area contributed by atoms with Crippen molar-refractivity contribution >= 4 is 29.9 Å². The number of halogens is 1. The van der Waals surface area contributed by atoms with Crippen LogP contribution in [0.3, 0.4) is 0 Å². The van der Waals surface area contributed by atoms with E-state index in [0.29, 0.717) is 6.04 Å². The smallest absolute Gasteiger partial charge is 0.191 e. The number of nitrogens with zero attached hydrogens (tertiary/aromatic N) is 4. The van der Waals surface area contributed by atoms with Crippen LogP contribution in [0.15, 0.2) is 54.0 Å². The predicted molar refractivity (Wildman–Crippen MR) is 122 cm³/mol. The second kappa shape index (κ2) is 12.0. The maximum atomic E-state index is 4.37. The maximum Gasteiger partial charge on any atom is 0.191 e. The fourth-order valence-electron chi connectivity index (χ4n) is 3.49. The van der Waals surface area contributed by atoms with Crippen LogP contribution in [0, 0.1) is 0 Å². The number of likely N-dealkylation sites (tertiary alicyclic amines) is 1. The van der Waals surface area contributed by atoms with Crippen LogP contribution in [0.4, 0.5) is 0 Å². The van der Waals surface area contributed by atoms with Crippen molar-refractivity contribution in [2.75, 3.05) is 33.2 Å². The number of nitrogens with one attached hydrogen (secondary N) is 2. The average molecular weight is 482 g/mol. The molecule has 2 heterocycles. The van der Waals surface area contributed by atoms with E-state index < -0.39 is 0 Å². The Balaban J connectivity index is 0.00000261. The third-order valence-electron chi connectivity index (χ3n) is 4.90. The molecule has 1 fully saturated rings. The quantitative estimate of drug-likeness (QED) is 0.263. The highest BCUT2D eigenvalue weighted by molar-refractivity contribution is 14.0. The molecule has 1 aromatic carbocycles. The van der Waals surface area contributed by atoms with E-state index in [1.165, 1.54) is 31.5 Å². The first-order chi connectivity index (χ1) is 12.9. The second-order valence-electron chi connectivity index (χ2n) is 6.70. The summed E-state index contributed by atoms with van der Waals surface area (Å²) in [7, 11) is 1.83. The number of guanidine groups is 1. The van der Waals surface area contributed by atoms with Crippen LogP contribution in [0.1, 0.15) is 30.9 Å². The largest absolute Gasteiger partial charge is 0.356 e. The fraction of sp³-hybridized carbons (Fsp3) is 0.500. The van der Waals surface area contributed by atoms with Crippen LogP contribution >= 0.6 is 24.0 Å². The summed E-state index contributed by atoms with van der Waals surface area (Å²) in [4.78, 5) is 11.0. The van der Waals surface area contributed by atoms with Gasteiger partial charge in [-0.3, -0.25) is 9.89 Å². The van der Waals surface area contributed by atoms with Gasteiger partial charge in [-0.2, -0.15) is 0 Å². The van der Waals surface area contributed by atoms with Gasteiger partial charge in [-0.15, -0.1) is 24.0 Å². The van der Waals surface area contributed by atoms with Crippen LogP contribution in [0.5, 0.6) is 0 Å². The highest BCUT2D eigenvalue weighted by Gasteiger charge is 2.23. The van der Waals surface area contributed by atoms with Gasteiger partial charge in [-0.1, -0.05) is 30.3 Å². The number of hydrogen-bond donors (Lipinski definition) is 2. The summed E-state index contributed by atoms with van der Waals surface area (Å²) in [6.07, 6.45) is 9.29. The topological polar surface area (TPSA) is 57.5 Å². The Morgan fingerprint density at radius 2 is 1.96 bits per heavy atom. The summed E-state index contributed by atoms with van der Waals surface area (Å²) in [5.74, 6) is 0.871. The van der Waals surface area contributed by atoms with Gasteiger partial charge >= 0.3 is 0 Å². The Hall–Kier alpha value is -1.61. The summed E-state index contributed by atoms with van der Waals surface area (Å²) in [6, 6.07) is 11.2. The van der Waals surface area contributed by atoms with E-state index in [-0.39, 0.29) is 24.0 Å². The zero-order valence-electron chi connectivity index (χ0n) is 16.1. The lowest BCUT2D eigenvalue weighted by Crippen LogP contribution is -2.43. The normalized spacial score (nSPS) is 16.0. The summed E-state index contributed by atoms with van der Waals surface area (Å²) >= 11 is 0. The van der Waals surface area contributed by atoms with Gasteiger partial charge in [0.25, 0.3) is 0 Å². The molecular formula is C20H31IN6. The van der Waals surface area contributed by atoms with Gasteiger partial charge in [0.1, 0.15) is 0 Å². The molecule has 0 spiro atoms. The highest BCUT2D eigenvalue weighted by atomic mass is 127. The van der Waals surface area contributed by atoms with Crippen LogP contribution < -0.4 is 10.6 Å². The van der Waals surface area contributed by atoms with Crippen LogP contribution in [0.2, 0.25) is 0 Å². The van der Waals surface area contributed by atoms with Crippen molar-refractivity contribution in [3.05, 3.63) is 54.6 Å². The maximum absolute atomic E-state index is 4.37. The first-order valence-electron chi connectivity index (χ1n) is 9.56. The van der Waals surface area contributed by atoms with Gasteiger partial charge in [-0.25, -0.2) is 4.98 Å². The zero-order valence-corrected chi connectivity index (χ0v) is 18.4. The van der Waals surface area contributed by atoms with E-state index in [2.05, 4.69) is 60.4 Å². The summed E-state index contributed by atoms with van der Waals surface area (Å²) < 4.78 is 2.09. The predicted octanol–water partition coefficient (Wildman–Crippen LogP) is 2.89. The molecule has 1 saturated heterocycles. The van der Waals surface area contributed by atoms with Gasteiger partial charge in [0, 0.05) is 39.1 Å². The number of hydrogen-bond acceptors (Lipinski definition) is 3. The number of aliphatic imine (C=N–C) groups is 1. The Labute approximate surface area is 179 Å². The minimum atomic E-state index is 0. The number of benzene rings is 1. The minimum Gasteiger partial charge on any atom is -0.356 e. The molecule has 3 rings (SSSR count). The summed E-state index contributed by atoms with van der Waals surface area (Å²) in [6.45, 7) is 5.07. The van der Waals surface area contributed by atoms with Gasteiger partial charge in [-0.05, 0) is 37.9 Å².